The van der Waals surface area contributed by atoms with Gasteiger partial charge in [0.1, 0.15) is 5.69 Å². The van der Waals surface area contributed by atoms with Crippen LogP contribution in [0.2, 0.25) is 0 Å². The second-order valence-electron chi connectivity index (χ2n) is 5.03. The first-order valence-electron chi connectivity index (χ1n) is 7.16. The number of nitrogens with zero attached hydrogens (tertiary/aromatic N) is 4. The van der Waals surface area contributed by atoms with E-state index in [4.69, 9.17) is 5.11 Å². The Hall–Kier alpha value is -3.48. The monoisotopic (exact) mass is 322 g/mol. The number of rotatable bonds is 4. The predicted octanol–water partition coefficient (Wildman–Crippen LogP) is 4.00. The number of para-hydroxylation sites is 1. The number of carboxylic acids is 1. The fourth-order valence-electron chi connectivity index (χ4n) is 2.22. The lowest BCUT2D eigenvalue weighted by Gasteiger charge is -2.01. The number of aromatic nitrogens is 2. The van der Waals surface area contributed by atoms with Gasteiger partial charge in [-0.2, -0.15) is 9.78 Å². The van der Waals surface area contributed by atoms with Crippen molar-refractivity contribution in [1.29, 1.82) is 0 Å². The summed E-state index contributed by atoms with van der Waals surface area (Å²) in [6.07, 6.45) is 0. The Balaban J connectivity index is 2.00. The van der Waals surface area contributed by atoms with Gasteiger partial charge in [-0.05, 0) is 31.2 Å². The summed E-state index contributed by atoms with van der Waals surface area (Å²) in [5.74, 6) is -1.25. The van der Waals surface area contributed by atoms with E-state index in [2.05, 4.69) is 15.3 Å². The molecule has 7 nitrogen and oxygen atoms in total. The molecule has 3 aromatic rings. The Morgan fingerprint density at radius 2 is 1.71 bits per heavy atom. The van der Waals surface area contributed by atoms with Gasteiger partial charge in [0.2, 0.25) is 5.88 Å². The number of hydrogen-bond donors (Lipinski definition) is 2. The second kappa shape index (κ2) is 6.33. The first-order chi connectivity index (χ1) is 11.6. The summed E-state index contributed by atoms with van der Waals surface area (Å²) >= 11 is 0. The number of carbonyl (C=O) groups is 1. The van der Waals surface area contributed by atoms with Crippen molar-refractivity contribution in [2.24, 2.45) is 10.2 Å². The molecule has 1 heterocycles. The van der Waals surface area contributed by atoms with Crippen LogP contribution < -0.4 is 0 Å². The van der Waals surface area contributed by atoms with E-state index < -0.39 is 5.97 Å². The fourth-order valence-corrected chi connectivity index (χ4v) is 2.22. The van der Waals surface area contributed by atoms with E-state index in [0.717, 1.165) is 0 Å². The van der Waals surface area contributed by atoms with Gasteiger partial charge in [-0.1, -0.05) is 30.3 Å². The molecule has 1 aromatic heterocycles. The lowest BCUT2D eigenvalue weighted by Crippen LogP contribution is -1.95. The molecule has 0 radical (unpaired) electrons. The number of carboxylic acid groups (broad SMARTS) is 1. The van der Waals surface area contributed by atoms with E-state index >= 15 is 0 Å². The molecule has 0 saturated carbocycles. The Morgan fingerprint density at radius 1 is 1.04 bits per heavy atom. The zero-order chi connectivity index (χ0) is 17.1. The van der Waals surface area contributed by atoms with Crippen LogP contribution in [0.25, 0.3) is 5.69 Å². The first kappa shape index (κ1) is 15.4. The van der Waals surface area contributed by atoms with Crippen LogP contribution in [0.5, 0.6) is 5.88 Å². The molecule has 0 aliphatic carbocycles. The highest BCUT2D eigenvalue weighted by Crippen LogP contribution is 2.34. The van der Waals surface area contributed by atoms with Crippen LogP contribution in [0.1, 0.15) is 16.1 Å². The zero-order valence-electron chi connectivity index (χ0n) is 12.8. The molecule has 0 amide bonds. The molecule has 7 heteroatoms. The number of aromatic hydroxyl groups is 1. The van der Waals surface area contributed by atoms with Crippen molar-refractivity contribution < 1.29 is 15.0 Å². The van der Waals surface area contributed by atoms with Gasteiger partial charge in [0.05, 0.1) is 16.9 Å². The number of hydrogen-bond acceptors (Lipinski definition) is 5. The molecule has 0 atom stereocenters. The van der Waals surface area contributed by atoms with Crippen LogP contribution in [-0.4, -0.2) is 26.0 Å². The molecule has 2 aromatic carbocycles. The van der Waals surface area contributed by atoms with E-state index in [1.807, 2.05) is 18.2 Å². The van der Waals surface area contributed by atoms with Crippen molar-refractivity contribution in [1.82, 2.24) is 9.78 Å². The minimum Gasteiger partial charge on any atom is -0.492 e. The summed E-state index contributed by atoms with van der Waals surface area (Å²) in [4.78, 5) is 11.2. The largest absolute Gasteiger partial charge is 0.492 e. The Morgan fingerprint density at radius 3 is 2.42 bits per heavy atom. The SMILES string of the molecule is Cc1nn(-c2ccccc2)c(O)c1N=Nc1ccccc1C(=O)O. The maximum absolute atomic E-state index is 11.2. The molecule has 120 valence electrons. The van der Waals surface area contributed by atoms with Crippen molar-refractivity contribution in [3.8, 4) is 11.6 Å². The molecule has 3 rings (SSSR count). The lowest BCUT2D eigenvalue weighted by atomic mass is 10.2. The summed E-state index contributed by atoms with van der Waals surface area (Å²) < 4.78 is 1.35. The van der Waals surface area contributed by atoms with Crippen molar-refractivity contribution in [2.75, 3.05) is 0 Å². The smallest absolute Gasteiger partial charge is 0.337 e. The topological polar surface area (TPSA) is 100 Å². The number of benzene rings is 2. The third kappa shape index (κ3) is 2.87. The molecule has 0 spiro atoms. The third-order valence-electron chi connectivity index (χ3n) is 3.40. The Kier molecular flexibility index (Phi) is 4.07. The normalized spacial score (nSPS) is 11.0. The Labute approximate surface area is 137 Å². The maximum Gasteiger partial charge on any atom is 0.337 e. The number of aromatic carboxylic acids is 1. The maximum atomic E-state index is 11.2. The summed E-state index contributed by atoms with van der Waals surface area (Å²) in [5.41, 5.74) is 1.60. The zero-order valence-corrected chi connectivity index (χ0v) is 12.8. The van der Waals surface area contributed by atoms with Gasteiger partial charge in [-0.3, -0.25) is 0 Å². The predicted molar refractivity (Wildman–Crippen MR) is 87.5 cm³/mol. The summed E-state index contributed by atoms with van der Waals surface area (Å²) in [6.45, 7) is 1.69. The van der Waals surface area contributed by atoms with E-state index in [1.54, 1.807) is 37.3 Å². The van der Waals surface area contributed by atoms with Gasteiger partial charge in [-0.15, -0.1) is 10.2 Å². The van der Waals surface area contributed by atoms with Crippen molar-refractivity contribution >= 4 is 17.3 Å². The van der Waals surface area contributed by atoms with E-state index in [-0.39, 0.29) is 22.8 Å². The first-order valence-corrected chi connectivity index (χ1v) is 7.16. The van der Waals surface area contributed by atoms with Gasteiger partial charge in [0, 0.05) is 0 Å². The number of azo groups is 1. The molecule has 0 bridgehead atoms. The standard InChI is InChI=1S/C17H14N4O3/c1-11-15(16(22)21(20-11)12-7-3-2-4-8-12)19-18-14-10-6-5-9-13(14)17(23)24/h2-10,22H,1H3,(H,23,24). The van der Waals surface area contributed by atoms with E-state index in [0.29, 0.717) is 11.4 Å². The second-order valence-corrected chi connectivity index (χ2v) is 5.03. The van der Waals surface area contributed by atoms with Gasteiger partial charge in [-0.25, -0.2) is 4.79 Å². The molecule has 0 fully saturated rings. The highest BCUT2D eigenvalue weighted by Gasteiger charge is 2.16. The summed E-state index contributed by atoms with van der Waals surface area (Å²) in [6, 6.07) is 15.4. The minimum atomic E-state index is -1.09. The molecule has 0 aliphatic heterocycles. The van der Waals surface area contributed by atoms with Crippen LogP contribution >= 0.6 is 0 Å². The minimum absolute atomic E-state index is 0.0360. The van der Waals surface area contributed by atoms with Crippen LogP contribution in [0.15, 0.2) is 64.8 Å². The van der Waals surface area contributed by atoms with Gasteiger partial charge < -0.3 is 10.2 Å². The van der Waals surface area contributed by atoms with Crippen molar-refractivity contribution in [3.63, 3.8) is 0 Å². The van der Waals surface area contributed by atoms with Crippen molar-refractivity contribution in [2.45, 2.75) is 6.92 Å². The van der Waals surface area contributed by atoms with Crippen LogP contribution in [0.4, 0.5) is 11.4 Å². The summed E-state index contributed by atoms with van der Waals surface area (Å²) in [7, 11) is 0. The van der Waals surface area contributed by atoms with Crippen LogP contribution in [0, 0.1) is 6.92 Å². The molecule has 0 saturated heterocycles. The van der Waals surface area contributed by atoms with Crippen LogP contribution in [0.3, 0.4) is 0 Å². The fraction of sp³-hybridized carbons (Fsp3) is 0.0588. The highest BCUT2D eigenvalue weighted by molar-refractivity contribution is 5.93. The quantitative estimate of drug-likeness (QED) is 0.709. The van der Waals surface area contributed by atoms with Crippen LogP contribution in [-0.2, 0) is 0 Å². The van der Waals surface area contributed by atoms with Gasteiger partial charge >= 0.3 is 5.97 Å². The van der Waals surface area contributed by atoms with Crippen molar-refractivity contribution in [3.05, 3.63) is 65.9 Å². The summed E-state index contributed by atoms with van der Waals surface area (Å²) in [5, 5.41) is 31.7. The molecule has 0 aliphatic rings. The molecule has 0 unspecified atom stereocenters. The average molecular weight is 322 g/mol. The van der Waals surface area contributed by atoms with Gasteiger partial charge in [0.25, 0.3) is 0 Å². The van der Waals surface area contributed by atoms with E-state index in [9.17, 15) is 9.90 Å². The van der Waals surface area contributed by atoms with E-state index in [1.165, 1.54) is 10.7 Å². The molecule has 24 heavy (non-hydrogen) atoms. The molecular weight excluding hydrogens is 308 g/mol. The highest BCUT2D eigenvalue weighted by atomic mass is 16.4. The molecule has 2 N–H and O–H groups in total. The number of aryl methyl sites for hydroxylation is 1. The molecular formula is C17H14N4O3. The average Bonchev–Trinajstić information content (AvgIpc) is 2.88. The third-order valence-corrected chi connectivity index (χ3v) is 3.40. The lowest BCUT2D eigenvalue weighted by molar-refractivity contribution is 0.0697. The van der Waals surface area contributed by atoms with Gasteiger partial charge in [0.15, 0.2) is 5.69 Å². The Bertz CT molecular complexity index is 917.